The van der Waals surface area contributed by atoms with Crippen molar-refractivity contribution in [2.75, 3.05) is 11.5 Å². The van der Waals surface area contributed by atoms with Gasteiger partial charge < -0.3 is 14.3 Å². The van der Waals surface area contributed by atoms with Crippen LogP contribution in [0.1, 0.15) is 49.6 Å². The number of carbonyl (C=O) groups is 2. The zero-order chi connectivity index (χ0) is 24.6. The minimum atomic E-state index is -1.29. The highest BCUT2D eigenvalue weighted by atomic mass is 19.1. The number of Topliss-reactive ketones (excluding diaryl/α,β-unsaturated/α-hetero) is 1. The topological polar surface area (TPSA) is 80.0 Å². The third-order valence-electron chi connectivity index (χ3n) is 5.63. The number of rotatable bonds is 6. The molecule has 1 N–H and O–H groups in total. The van der Waals surface area contributed by atoms with Crippen molar-refractivity contribution in [1.82, 2.24) is 0 Å². The first-order chi connectivity index (χ1) is 16.2. The van der Waals surface area contributed by atoms with Crippen LogP contribution in [0.15, 0.2) is 64.8 Å². The van der Waals surface area contributed by atoms with Gasteiger partial charge >= 0.3 is 0 Å². The Morgan fingerprint density at radius 3 is 2.56 bits per heavy atom. The summed E-state index contributed by atoms with van der Waals surface area (Å²) < 4.78 is 39.7. The Kier molecular flexibility index (Phi) is 6.24. The van der Waals surface area contributed by atoms with Crippen molar-refractivity contribution in [3.05, 3.63) is 88.9 Å². The molecule has 1 aliphatic rings. The van der Waals surface area contributed by atoms with Crippen LogP contribution in [-0.2, 0) is 9.59 Å². The number of aliphatic hydroxyl groups is 1. The lowest BCUT2D eigenvalue weighted by Crippen LogP contribution is -2.30. The maximum Gasteiger partial charge on any atom is 0.300 e. The van der Waals surface area contributed by atoms with Gasteiger partial charge in [0.15, 0.2) is 0 Å². The van der Waals surface area contributed by atoms with Crippen molar-refractivity contribution in [2.24, 2.45) is 0 Å². The third kappa shape index (κ3) is 3.96. The molecular formula is C26H23F2NO5. The summed E-state index contributed by atoms with van der Waals surface area (Å²) >= 11 is 0. The number of carbonyl (C=O) groups excluding carboxylic acids is 2. The molecule has 0 saturated carbocycles. The number of furan rings is 1. The van der Waals surface area contributed by atoms with Crippen LogP contribution in [0.2, 0.25) is 0 Å². The van der Waals surface area contributed by atoms with E-state index in [1.807, 2.05) is 20.8 Å². The van der Waals surface area contributed by atoms with E-state index in [0.29, 0.717) is 12.4 Å². The molecule has 1 unspecified atom stereocenters. The molecule has 0 aliphatic carbocycles. The van der Waals surface area contributed by atoms with Crippen molar-refractivity contribution in [3.8, 4) is 5.75 Å². The zero-order valence-corrected chi connectivity index (χ0v) is 18.8. The van der Waals surface area contributed by atoms with E-state index in [4.69, 9.17) is 9.15 Å². The van der Waals surface area contributed by atoms with E-state index in [1.54, 1.807) is 18.2 Å². The number of ether oxygens (including phenoxy) is 1. The lowest BCUT2D eigenvalue weighted by Gasteiger charge is -2.24. The lowest BCUT2D eigenvalue weighted by molar-refractivity contribution is -0.132. The Morgan fingerprint density at radius 1 is 1.15 bits per heavy atom. The molecule has 0 spiro atoms. The van der Waals surface area contributed by atoms with Gasteiger partial charge in [0.25, 0.3) is 11.7 Å². The third-order valence-corrected chi connectivity index (χ3v) is 5.63. The maximum atomic E-state index is 14.7. The van der Waals surface area contributed by atoms with Crippen LogP contribution in [0.5, 0.6) is 5.75 Å². The number of halogens is 2. The van der Waals surface area contributed by atoms with Crippen LogP contribution in [0.25, 0.3) is 5.76 Å². The largest absolute Gasteiger partial charge is 0.507 e. The molecule has 34 heavy (non-hydrogen) atoms. The second kappa shape index (κ2) is 9.13. The summed E-state index contributed by atoms with van der Waals surface area (Å²) in [5.41, 5.74) is 0.354. The van der Waals surface area contributed by atoms with Crippen molar-refractivity contribution >= 4 is 23.1 Å². The fraction of sp³-hybridized carbons (Fsp3) is 0.231. The Balaban J connectivity index is 1.93. The molecule has 1 aliphatic heterocycles. The predicted molar refractivity (Wildman–Crippen MR) is 122 cm³/mol. The van der Waals surface area contributed by atoms with E-state index in [9.17, 15) is 23.5 Å². The molecule has 0 bridgehead atoms. The quantitative estimate of drug-likeness (QED) is 0.286. The van der Waals surface area contributed by atoms with Crippen molar-refractivity contribution < 1.29 is 32.6 Å². The second-order valence-corrected chi connectivity index (χ2v) is 8.12. The molecule has 1 saturated heterocycles. The summed E-state index contributed by atoms with van der Waals surface area (Å²) in [4.78, 5) is 26.9. The molecule has 3 aromatic rings. The standard InChI is InChI=1S/C26H23F2NO5/c1-4-33-20-10-7-15(12-17(20)14(2)3)24(30)22-23(21-6-5-11-34-21)29(26(32)25(22)31)19-13-16(27)8-9-18(19)28/h5-14,23,30H,4H2,1-3H3/b24-22-. The molecule has 2 aromatic carbocycles. The van der Waals surface area contributed by atoms with Crippen LogP contribution < -0.4 is 9.64 Å². The molecule has 1 aromatic heterocycles. The minimum Gasteiger partial charge on any atom is -0.507 e. The first-order valence-electron chi connectivity index (χ1n) is 10.8. The van der Waals surface area contributed by atoms with Gasteiger partial charge in [-0.2, -0.15) is 0 Å². The van der Waals surface area contributed by atoms with Crippen molar-refractivity contribution in [1.29, 1.82) is 0 Å². The molecule has 6 nitrogen and oxygen atoms in total. The fourth-order valence-corrected chi connectivity index (χ4v) is 4.06. The van der Waals surface area contributed by atoms with Crippen LogP contribution in [0.3, 0.4) is 0 Å². The van der Waals surface area contributed by atoms with Gasteiger partial charge in [-0.1, -0.05) is 13.8 Å². The number of hydrogen-bond acceptors (Lipinski definition) is 5. The van der Waals surface area contributed by atoms with Gasteiger partial charge in [0.1, 0.15) is 34.9 Å². The number of hydrogen-bond donors (Lipinski definition) is 1. The molecule has 0 radical (unpaired) electrons. The predicted octanol–water partition coefficient (Wildman–Crippen LogP) is 5.71. The van der Waals surface area contributed by atoms with Crippen LogP contribution in [-0.4, -0.2) is 23.4 Å². The average Bonchev–Trinajstić information content (AvgIpc) is 3.42. The highest BCUT2D eigenvalue weighted by molar-refractivity contribution is 6.51. The van der Waals surface area contributed by atoms with Crippen molar-refractivity contribution in [2.45, 2.75) is 32.7 Å². The van der Waals surface area contributed by atoms with E-state index in [-0.39, 0.29) is 22.8 Å². The molecule has 1 amide bonds. The van der Waals surface area contributed by atoms with Gasteiger partial charge in [-0.05, 0) is 60.9 Å². The number of nitrogens with zero attached hydrogens (tertiary/aromatic N) is 1. The van der Waals surface area contributed by atoms with E-state index in [2.05, 4.69) is 0 Å². The van der Waals surface area contributed by atoms with E-state index in [1.165, 1.54) is 18.4 Å². The average molecular weight is 467 g/mol. The van der Waals surface area contributed by atoms with E-state index in [0.717, 1.165) is 28.7 Å². The molecule has 8 heteroatoms. The fourth-order valence-electron chi connectivity index (χ4n) is 4.06. The summed E-state index contributed by atoms with van der Waals surface area (Å²) in [7, 11) is 0. The van der Waals surface area contributed by atoms with E-state index < -0.39 is 40.8 Å². The van der Waals surface area contributed by atoms with Crippen molar-refractivity contribution in [3.63, 3.8) is 0 Å². The monoisotopic (exact) mass is 467 g/mol. The molecule has 1 fully saturated rings. The highest BCUT2D eigenvalue weighted by Gasteiger charge is 2.49. The summed E-state index contributed by atoms with van der Waals surface area (Å²) in [6.07, 6.45) is 1.32. The number of aliphatic hydroxyl groups excluding tert-OH is 1. The highest BCUT2D eigenvalue weighted by Crippen LogP contribution is 2.43. The summed E-state index contributed by atoms with van der Waals surface area (Å²) in [6.45, 7) is 6.22. The van der Waals surface area contributed by atoms with Gasteiger partial charge in [0, 0.05) is 11.6 Å². The Bertz CT molecular complexity index is 1280. The minimum absolute atomic E-state index is 0.0407. The Morgan fingerprint density at radius 2 is 1.91 bits per heavy atom. The second-order valence-electron chi connectivity index (χ2n) is 8.12. The number of ketones is 1. The Labute approximate surface area is 195 Å². The number of anilines is 1. The molecule has 176 valence electrons. The Hall–Kier alpha value is -3.94. The van der Waals surface area contributed by atoms with Gasteiger partial charge in [-0.25, -0.2) is 8.78 Å². The maximum absolute atomic E-state index is 14.7. The SMILES string of the molecule is CCOc1ccc(/C(O)=C2/C(=O)C(=O)N(c3cc(F)ccc3F)C2c2ccco2)cc1C(C)C. The van der Waals surface area contributed by atoms with Gasteiger partial charge in [0.2, 0.25) is 0 Å². The number of amides is 1. The lowest BCUT2D eigenvalue weighted by atomic mass is 9.95. The zero-order valence-electron chi connectivity index (χ0n) is 18.8. The molecule has 2 heterocycles. The van der Waals surface area contributed by atoms with Gasteiger partial charge in [-0.3, -0.25) is 14.5 Å². The van der Waals surface area contributed by atoms with Gasteiger partial charge in [-0.15, -0.1) is 0 Å². The molecular weight excluding hydrogens is 444 g/mol. The summed E-state index contributed by atoms with van der Waals surface area (Å²) in [5.74, 6) is -3.50. The molecule has 1 atom stereocenters. The number of benzene rings is 2. The van der Waals surface area contributed by atoms with Crippen LogP contribution in [0.4, 0.5) is 14.5 Å². The van der Waals surface area contributed by atoms with Crippen LogP contribution >= 0.6 is 0 Å². The van der Waals surface area contributed by atoms with E-state index >= 15 is 0 Å². The normalized spacial score (nSPS) is 17.6. The molecule has 4 rings (SSSR count). The first kappa shape index (κ1) is 23.2. The first-order valence-corrected chi connectivity index (χ1v) is 10.8. The smallest absolute Gasteiger partial charge is 0.300 e. The summed E-state index contributed by atoms with van der Waals surface area (Å²) in [5, 5.41) is 11.2. The van der Waals surface area contributed by atoms with Gasteiger partial charge in [0.05, 0.1) is 24.1 Å². The summed E-state index contributed by atoms with van der Waals surface area (Å²) in [6, 6.07) is 9.26. The van der Waals surface area contributed by atoms with Crippen LogP contribution in [0, 0.1) is 11.6 Å².